The number of aliphatic hydroxyl groups excluding tert-OH is 1. The van der Waals surface area contributed by atoms with Crippen LogP contribution in [0, 0.1) is 0 Å². The highest BCUT2D eigenvalue weighted by Gasteiger charge is 2.21. The lowest BCUT2D eigenvalue weighted by molar-refractivity contribution is 0.276. The van der Waals surface area contributed by atoms with Gasteiger partial charge in [0.05, 0.1) is 35.8 Å². The summed E-state index contributed by atoms with van der Waals surface area (Å²) >= 11 is 0. The molecule has 0 bridgehead atoms. The van der Waals surface area contributed by atoms with Gasteiger partial charge in [-0.25, -0.2) is 14.6 Å². The van der Waals surface area contributed by atoms with Crippen molar-refractivity contribution >= 4 is 28.4 Å². The van der Waals surface area contributed by atoms with Crippen molar-refractivity contribution in [2.75, 3.05) is 17.2 Å². The molecule has 222 valence electrons. The summed E-state index contributed by atoms with van der Waals surface area (Å²) in [6, 6.07) is 19.9. The highest BCUT2D eigenvalue weighted by molar-refractivity contribution is 5.79. The number of nitrogens with one attached hydrogen (secondary N) is 2. The number of aromatic nitrogens is 7. The quantitative estimate of drug-likeness (QED) is 0.169. The number of fused-ring (bicyclic) bond motifs is 1. The third-order valence-corrected chi connectivity index (χ3v) is 7.03. The second-order valence-corrected chi connectivity index (χ2v) is 10.4. The zero-order valence-electron chi connectivity index (χ0n) is 24.3. The molecule has 0 aliphatic heterocycles. The molecule has 5 heterocycles. The lowest BCUT2D eigenvalue weighted by Crippen LogP contribution is -2.23. The predicted octanol–water partition coefficient (Wildman–Crippen LogP) is 5.36. The second-order valence-electron chi connectivity index (χ2n) is 10.4. The summed E-state index contributed by atoms with van der Waals surface area (Å²) in [5, 5.41) is 21.6. The van der Waals surface area contributed by atoms with Gasteiger partial charge in [0, 0.05) is 24.5 Å². The molecule has 0 spiro atoms. The van der Waals surface area contributed by atoms with E-state index in [4.69, 9.17) is 9.51 Å². The van der Waals surface area contributed by atoms with E-state index in [9.17, 15) is 9.90 Å². The van der Waals surface area contributed by atoms with Gasteiger partial charge in [0.25, 0.3) is 11.4 Å². The molecule has 0 saturated carbocycles. The highest BCUT2D eigenvalue weighted by Crippen LogP contribution is 2.33. The molecule has 6 aromatic rings. The van der Waals surface area contributed by atoms with Gasteiger partial charge in [-0.2, -0.15) is 4.98 Å². The second kappa shape index (κ2) is 12.3. The monoisotopic (exact) mass is 589 g/mol. The summed E-state index contributed by atoms with van der Waals surface area (Å²) < 4.78 is 9.13. The SMILES string of the molecule is C=CCn1c(=O)c2ccc(Nc3cc(N[C@H](CO)c4ccccc4)c(-c4nc(-c5ccccn5)no4)cn3)nc2n1C(C)C. The van der Waals surface area contributed by atoms with Gasteiger partial charge in [0.15, 0.2) is 5.65 Å². The van der Waals surface area contributed by atoms with Crippen molar-refractivity contribution in [1.29, 1.82) is 0 Å². The Labute approximate surface area is 252 Å². The van der Waals surface area contributed by atoms with Gasteiger partial charge in [-0.1, -0.05) is 47.6 Å². The summed E-state index contributed by atoms with van der Waals surface area (Å²) in [6.45, 7) is 8.00. The van der Waals surface area contributed by atoms with Crippen molar-refractivity contribution in [3.8, 4) is 23.0 Å². The molecule has 0 aliphatic carbocycles. The Bertz CT molecular complexity index is 1960. The molecule has 1 atom stereocenters. The maximum absolute atomic E-state index is 13.0. The van der Waals surface area contributed by atoms with E-state index in [1.807, 2.05) is 61.0 Å². The van der Waals surface area contributed by atoms with Gasteiger partial charge in [-0.05, 0) is 43.7 Å². The summed E-state index contributed by atoms with van der Waals surface area (Å²) in [7, 11) is 0. The summed E-state index contributed by atoms with van der Waals surface area (Å²) in [5.41, 5.74) is 3.04. The third-order valence-electron chi connectivity index (χ3n) is 7.03. The molecule has 0 saturated heterocycles. The fraction of sp³-hybridized carbons (Fsp3) is 0.188. The van der Waals surface area contributed by atoms with E-state index in [2.05, 4.69) is 37.3 Å². The van der Waals surface area contributed by atoms with E-state index in [0.717, 1.165) is 5.56 Å². The molecule has 0 aliphatic rings. The molecule has 0 amide bonds. The summed E-state index contributed by atoms with van der Waals surface area (Å²) in [4.78, 5) is 31.3. The maximum Gasteiger partial charge on any atom is 0.276 e. The number of aliphatic hydroxyl groups is 1. The molecule has 3 N–H and O–H groups in total. The Morgan fingerprint density at radius 2 is 1.84 bits per heavy atom. The number of anilines is 3. The van der Waals surface area contributed by atoms with Gasteiger partial charge >= 0.3 is 0 Å². The van der Waals surface area contributed by atoms with Gasteiger partial charge < -0.3 is 20.3 Å². The maximum atomic E-state index is 13.0. The van der Waals surface area contributed by atoms with E-state index in [0.29, 0.717) is 52.0 Å². The number of hydrogen-bond donors (Lipinski definition) is 3. The van der Waals surface area contributed by atoms with Crippen molar-refractivity contribution in [2.45, 2.75) is 32.5 Å². The topological polar surface area (TPSA) is 149 Å². The average molecular weight is 590 g/mol. The highest BCUT2D eigenvalue weighted by atomic mass is 16.5. The van der Waals surface area contributed by atoms with Crippen molar-refractivity contribution in [3.63, 3.8) is 0 Å². The first-order chi connectivity index (χ1) is 21.5. The van der Waals surface area contributed by atoms with Crippen LogP contribution in [0.3, 0.4) is 0 Å². The molecular formula is C32H31N9O3. The number of pyridine rings is 3. The normalized spacial score (nSPS) is 12.0. The standard InChI is InChI=1S/C32H31N9O3/c1-4-16-40-32(43)22-13-14-27(37-30(22)41(40)20(2)3)36-28-17-25(35-26(19-42)21-10-6-5-7-11-21)23(18-34-28)31-38-29(39-44-31)24-12-8-9-15-33-24/h4-15,17-18,20,26,42H,1,16,19H2,2-3H3,(H2,34,35,36,37)/t26-/m1/s1. The fourth-order valence-corrected chi connectivity index (χ4v) is 5.01. The average Bonchev–Trinajstić information content (AvgIpc) is 3.64. The Morgan fingerprint density at radius 3 is 2.57 bits per heavy atom. The first-order valence-electron chi connectivity index (χ1n) is 14.1. The van der Waals surface area contributed by atoms with Crippen molar-refractivity contribution in [2.24, 2.45) is 0 Å². The van der Waals surface area contributed by atoms with Crippen LogP contribution in [0.5, 0.6) is 0 Å². The molecule has 5 aromatic heterocycles. The molecule has 1 aromatic carbocycles. The molecule has 6 rings (SSSR count). The van der Waals surface area contributed by atoms with Crippen LogP contribution in [0.15, 0.2) is 101 Å². The van der Waals surface area contributed by atoms with Crippen LogP contribution >= 0.6 is 0 Å². The van der Waals surface area contributed by atoms with E-state index in [-0.39, 0.29) is 24.1 Å². The molecule has 0 fully saturated rings. The van der Waals surface area contributed by atoms with Crippen LogP contribution in [-0.4, -0.2) is 46.2 Å². The molecule has 0 radical (unpaired) electrons. The first kappa shape index (κ1) is 28.5. The summed E-state index contributed by atoms with van der Waals surface area (Å²) in [6.07, 6.45) is 4.96. The van der Waals surface area contributed by atoms with E-state index >= 15 is 0 Å². The molecular weight excluding hydrogens is 558 g/mol. The Kier molecular flexibility index (Phi) is 7.98. The van der Waals surface area contributed by atoms with Gasteiger partial charge in [-0.15, -0.1) is 6.58 Å². The zero-order valence-corrected chi connectivity index (χ0v) is 24.3. The smallest absolute Gasteiger partial charge is 0.276 e. The third kappa shape index (κ3) is 5.57. The number of nitrogens with zero attached hydrogens (tertiary/aromatic N) is 7. The van der Waals surface area contributed by atoms with Gasteiger partial charge in [-0.3, -0.25) is 14.5 Å². The van der Waals surface area contributed by atoms with Gasteiger partial charge in [0.2, 0.25) is 5.82 Å². The molecule has 12 heteroatoms. The summed E-state index contributed by atoms with van der Waals surface area (Å²) in [5.74, 6) is 1.56. The number of rotatable bonds is 11. The molecule has 12 nitrogen and oxygen atoms in total. The number of hydrogen-bond acceptors (Lipinski definition) is 10. The Balaban J connectivity index is 1.39. The van der Waals surface area contributed by atoms with E-state index in [1.54, 1.807) is 47.4 Å². The lowest BCUT2D eigenvalue weighted by atomic mass is 10.1. The van der Waals surface area contributed by atoms with Crippen LogP contribution < -0.4 is 16.2 Å². The van der Waals surface area contributed by atoms with Crippen LogP contribution in [0.1, 0.15) is 31.5 Å². The Morgan fingerprint density at radius 1 is 1.02 bits per heavy atom. The van der Waals surface area contributed by atoms with Crippen molar-refractivity contribution in [1.82, 2.24) is 34.5 Å². The van der Waals surface area contributed by atoms with E-state index in [1.165, 1.54) is 0 Å². The molecule has 0 unspecified atom stereocenters. The van der Waals surface area contributed by atoms with Crippen LogP contribution in [0.4, 0.5) is 17.3 Å². The van der Waals surface area contributed by atoms with Crippen LogP contribution in [0.2, 0.25) is 0 Å². The molecule has 44 heavy (non-hydrogen) atoms. The number of allylic oxidation sites excluding steroid dienone is 1. The van der Waals surface area contributed by atoms with E-state index < -0.39 is 6.04 Å². The van der Waals surface area contributed by atoms with Crippen LogP contribution in [-0.2, 0) is 6.54 Å². The van der Waals surface area contributed by atoms with Gasteiger partial charge in [0.1, 0.15) is 17.3 Å². The van der Waals surface area contributed by atoms with Crippen molar-refractivity contribution < 1.29 is 9.63 Å². The first-order valence-corrected chi connectivity index (χ1v) is 14.1. The minimum atomic E-state index is -0.428. The number of benzene rings is 1. The minimum Gasteiger partial charge on any atom is -0.394 e. The fourth-order valence-electron chi connectivity index (χ4n) is 5.01. The predicted molar refractivity (Wildman–Crippen MR) is 169 cm³/mol. The zero-order chi connectivity index (χ0) is 30.6. The van der Waals surface area contributed by atoms with Crippen molar-refractivity contribution in [3.05, 3.63) is 108 Å². The minimum absolute atomic E-state index is 0.00473. The Hall–Kier alpha value is -5.62. The lowest BCUT2D eigenvalue weighted by Gasteiger charge is -2.20. The van der Waals surface area contributed by atoms with Crippen LogP contribution in [0.25, 0.3) is 34.0 Å². The largest absolute Gasteiger partial charge is 0.394 e.